The van der Waals surface area contributed by atoms with Crippen molar-refractivity contribution in [3.8, 4) is 11.3 Å². The lowest BCUT2D eigenvalue weighted by Crippen LogP contribution is -2.26. The molecular formula is C25H19N3O4. The normalized spacial score (nSPS) is 11.0. The molecular weight excluding hydrogens is 406 g/mol. The van der Waals surface area contributed by atoms with Gasteiger partial charge in [0, 0.05) is 17.7 Å². The molecule has 0 fully saturated rings. The molecule has 1 heterocycles. The fourth-order valence-electron chi connectivity index (χ4n) is 3.36. The van der Waals surface area contributed by atoms with E-state index in [1.54, 1.807) is 24.3 Å². The van der Waals surface area contributed by atoms with Crippen molar-refractivity contribution in [1.29, 1.82) is 0 Å². The standard InChI is InChI=1S/C25H19N3O4/c29-25(24(18-8-3-1-4-9-18)19-10-5-2-6-11-19)27-26-17-22-14-15-23(32-22)20-12-7-13-21(16-20)28(30)31/h1-17,24H,(H,27,29)/b26-17-. The Balaban J connectivity index is 1.49. The second-order valence-corrected chi connectivity index (χ2v) is 7.00. The van der Waals surface area contributed by atoms with Gasteiger partial charge in [-0.15, -0.1) is 0 Å². The smallest absolute Gasteiger partial charge is 0.270 e. The highest BCUT2D eigenvalue weighted by Crippen LogP contribution is 2.26. The number of nitrogens with one attached hydrogen (secondary N) is 1. The molecule has 0 saturated carbocycles. The van der Waals surface area contributed by atoms with Gasteiger partial charge in [-0.3, -0.25) is 14.9 Å². The summed E-state index contributed by atoms with van der Waals surface area (Å²) in [4.78, 5) is 23.5. The molecule has 0 spiro atoms. The number of carbonyl (C=O) groups is 1. The highest BCUT2D eigenvalue weighted by molar-refractivity contribution is 5.88. The maximum atomic E-state index is 12.9. The number of nitro groups is 1. The Morgan fingerprint density at radius 3 is 2.19 bits per heavy atom. The highest BCUT2D eigenvalue weighted by Gasteiger charge is 2.22. The van der Waals surface area contributed by atoms with E-state index in [9.17, 15) is 14.9 Å². The molecule has 0 atom stereocenters. The highest BCUT2D eigenvalue weighted by atomic mass is 16.6. The van der Waals surface area contributed by atoms with Gasteiger partial charge in [0.1, 0.15) is 11.5 Å². The minimum absolute atomic E-state index is 0.0192. The molecule has 0 aliphatic carbocycles. The number of hydrogen-bond acceptors (Lipinski definition) is 5. The lowest BCUT2D eigenvalue weighted by molar-refractivity contribution is -0.384. The van der Waals surface area contributed by atoms with Gasteiger partial charge in [-0.25, -0.2) is 5.43 Å². The van der Waals surface area contributed by atoms with Crippen LogP contribution in [0, 0.1) is 10.1 Å². The third-order valence-corrected chi connectivity index (χ3v) is 4.86. The van der Waals surface area contributed by atoms with E-state index in [2.05, 4.69) is 10.5 Å². The van der Waals surface area contributed by atoms with Crippen molar-refractivity contribution < 1.29 is 14.1 Å². The van der Waals surface area contributed by atoms with E-state index in [-0.39, 0.29) is 11.6 Å². The molecule has 0 radical (unpaired) electrons. The number of hydrogen-bond donors (Lipinski definition) is 1. The van der Waals surface area contributed by atoms with Crippen LogP contribution in [0.4, 0.5) is 5.69 Å². The molecule has 158 valence electrons. The molecule has 7 nitrogen and oxygen atoms in total. The summed E-state index contributed by atoms with van der Waals surface area (Å²) in [6.45, 7) is 0. The molecule has 1 amide bonds. The van der Waals surface area contributed by atoms with Crippen molar-refractivity contribution in [2.24, 2.45) is 5.10 Å². The van der Waals surface area contributed by atoms with E-state index in [1.165, 1.54) is 18.3 Å². The van der Waals surface area contributed by atoms with Crippen LogP contribution in [0.25, 0.3) is 11.3 Å². The summed E-state index contributed by atoms with van der Waals surface area (Å²) in [5.41, 5.74) is 4.86. The van der Waals surface area contributed by atoms with Crippen molar-refractivity contribution in [3.63, 3.8) is 0 Å². The Labute approximate surface area is 184 Å². The second-order valence-electron chi connectivity index (χ2n) is 7.00. The van der Waals surface area contributed by atoms with Crippen LogP contribution in [0.2, 0.25) is 0 Å². The number of rotatable bonds is 7. The molecule has 32 heavy (non-hydrogen) atoms. The first-order valence-corrected chi connectivity index (χ1v) is 9.89. The van der Waals surface area contributed by atoms with Crippen molar-refractivity contribution in [1.82, 2.24) is 5.43 Å². The zero-order chi connectivity index (χ0) is 22.3. The Kier molecular flexibility index (Phi) is 6.17. The molecule has 4 aromatic rings. The number of amides is 1. The van der Waals surface area contributed by atoms with E-state index in [0.29, 0.717) is 17.1 Å². The molecule has 7 heteroatoms. The molecule has 1 aromatic heterocycles. The zero-order valence-electron chi connectivity index (χ0n) is 16.9. The molecule has 0 unspecified atom stereocenters. The number of carbonyl (C=O) groups excluding carboxylic acids is 1. The maximum Gasteiger partial charge on any atom is 0.270 e. The average Bonchev–Trinajstić information content (AvgIpc) is 3.30. The van der Waals surface area contributed by atoms with Gasteiger partial charge in [0.15, 0.2) is 0 Å². The molecule has 0 aliphatic heterocycles. The second kappa shape index (κ2) is 9.53. The largest absolute Gasteiger partial charge is 0.455 e. The molecule has 0 saturated heterocycles. The number of furan rings is 1. The van der Waals surface area contributed by atoms with Crippen LogP contribution in [0.15, 0.2) is 107 Å². The molecule has 3 aromatic carbocycles. The summed E-state index contributed by atoms with van der Waals surface area (Å²) in [6, 6.07) is 28.5. The van der Waals surface area contributed by atoms with Gasteiger partial charge < -0.3 is 4.42 Å². The first kappa shape index (κ1) is 20.7. The van der Waals surface area contributed by atoms with Crippen molar-refractivity contribution in [2.75, 3.05) is 0 Å². The summed E-state index contributed by atoms with van der Waals surface area (Å²) in [5.74, 6) is 0.0893. The van der Waals surface area contributed by atoms with Crippen LogP contribution in [0.3, 0.4) is 0 Å². The minimum atomic E-state index is -0.508. The van der Waals surface area contributed by atoms with Crippen LogP contribution < -0.4 is 5.43 Å². The lowest BCUT2D eigenvalue weighted by atomic mass is 9.91. The minimum Gasteiger partial charge on any atom is -0.455 e. The Morgan fingerprint density at radius 1 is 0.906 bits per heavy atom. The van der Waals surface area contributed by atoms with E-state index >= 15 is 0 Å². The fraction of sp³-hybridized carbons (Fsp3) is 0.0400. The quantitative estimate of drug-likeness (QED) is 0.252. The first-order chi connectivity index (χ1) is 15.6. The predicted octanol–water partition coefficient (Wildman–Crippen LogP) is 5.14. The van der Waals surface area contributed by atoms with Gasteiger partial charge in [-0.1, -0.05) is 72.8 Å². The van der Waals surface area contributed by atoms with Crippen LogP contribution in [0.5, 0.6) is 0 Å². The molecule has 0 aliphatic rings. The first-order valence-electron chi connectivity index (χ1n) is 9.89. The molecule has 0 bridgehead atoms. The van der Waals surface area contributed by atoms with Gasteiger partial charge in [-0.2, -0.15) is 5.10 Å². The van der Waals surface area contributed by atoms with E-state index in [0.717, 1.165) is 11.1 Å². The summed E-state index contributed by atoms with van der Waals surface area (Å²) in [5, 5.41) is 15.0. The Hall–Kier alpha value is -4.52. The van der Waals surface area contributed by atoms with Gasteiger partial charge >= 0.3 is 0 Å². The number of nitrogens with zero attached hydrogens (tertiary/aromatic N) is 2. The SMILES string of the molecule is O=C(N/N=C\c1ccc(-c2cccc([N+](=O)[O-])c2)o1)C(c1ccccc1)c1ccccc1. The van der Waals surface area contributed by atoms with E-state index in [1.807, 2.05) is 60.7 Å². The van der Waals surface area contributed by atoms with Crippen LogP contribution in [-0.4, -0.2) is 17.0 Å². The van der Waals surface area contributed by atoms with E-state index in [4.69, 9.17) is 4.42 Å². The van der Waals surface area contributed by atoms with Gasteiger partial charge in [0.05, 0.1) is 17.1 Å². The molecule has 4 rings (SSSR count). The average molecular weight is 425 g/mol. The van der Waals surface area contributed by atoms with Crippen LogP contribution >= 0.6 is 0 Å². The van der Waals surface area contributed by atoms with E-state index < -0.39 is 10.8 Å². The summed E-state index contributed by atoms with van der Waals surface area (Å²) in [6.07, 6.45) is 1.39. The van der Waals surface area contributed by atoms with Gasteiger partial charge in [-0.05, 0) is 23.3 Å². The van der Waals surface area contributed by atoms with Gasteiger partial charge in [0.2, 0.25) is 0 Å². The predicted molar refractivity (Wildman–Crippen MR) is 121 cm³/mol. The number of hydrazone groups is 1. The summed E-state index contributed by atoms with van der Waals surface area (Å²) >= 11 is 0. The maximum absolute atomic E-state index is 12.9. The fourth-order valence-corrected chi connectivity index (χ4v) is 3.36. The number of non-ortho nitro benzene ring substituents is 1. The van der Waals surface area contributed by atoms with Crippen molar-refractivity contribution in [3.05, 3.63) is 124 Å². The van der Waals surface area contributed by atoms with Crippen LogP contribution in [0.1, 0.15) is 22.8 Å². The zero-order valence-corrected chi connectivity index (χ0v) is 16.9. The monoisotopic (exact) mass is 425 g/mol. The summed E-state index contributed by atoms with van der Waals surface area (Å²) in [7, 11) is 0. The van der Waals surface area contributed by atoms with Gasteiger partial charge in [0.25, 0.3) is 11.6 Å². The summed E-state index contributed by atoms with van der Waals surface area (Å²) < 4.78 is 5.69. The number of nitro benzene ring substituents is 1. The topological polar surface area (TPSA) is 97.7 Å². The van der Waals surface area contributed by atoms with Crippen LogP contribution in [-0.2, 0) is 4.79 Å². The van der Waals surface area contributed by atoms with Crippen molar-refractivity contribution in [2.45, 2.75) is 5.92 Å². The molecule has 1 N–H and O–H groups in total. The van der Waals surface area contributed by atoms with Crippen molar-refractivity contribution >= 4 is 17.8 Å². The number of benzene rings is 3. The Morgan fingerprint density at radius 2 is 1.56 bits per heavy atom. The lowest BCUT2D eigenvalue weighted by Gasteiger charge is -2.16. The Bertz CT molecular complexity index is 1210. The third-order valence-electron chi connectivity index (χ3n) is 4.86. The third kappa shape index (κ3) is 4.79.